The smallest absolute Gasteiger partial charge is 0.243 e. The number of carbonyl (C=O) groups is 1. The number of nitrogens with zero attached hydrogens (tertiary/aromatic N) is 1. The zero-order valence-electron chi connectivity index (χ0n) is 16.2. The Bertz CT molecular complexity index is 1050. The molecule has 0 saturated carbocycles. The standard InChI is InChI=1S/C23H23NO4S/c1-24(16-19-9-4-2-5-10-19)29(26,27)22-14-8-13-21(15-22)23(25)18-28-17-20-11-6-3-7-12-20/h2-15H,16-18H2,1H3. The van der Waals surface area contributed by atoms with Crippen molar-refractivity contribution in [1.29, 1.82) is 0 Å². The summed E-state index contributed by atoms with van der Waals surface area (Å²) in [6, 6.07) is 25.0. The molecule has 0 heterocycles. The molecule has 3 aromatic rings. The van der Waals surface area contributed by atoms with Crippen molar-refractivity contribution < 1.29 is 17.9 Å². The third-order valence-electron chi connectivity index (χ3n) is 4.46. The summed E-state index contributed by atoms with van der Waals surface area (Å²) in [5.74, 6) is -0.260. The first-order valence-electron chi connectivity index (χ1n) is 9.22. The quantitative estimate of drug-likeness (QED) is 0.503. The zero-order chi connectivity index (χ0) is 20.7. The molecule has 0 aliphatic carbocycles. The number of carbonyl (C=O) groups excluding carboxylic acids is 1. The summed E-state index contributed by atoms with van der Waals surface area (Å²) in [6.07, 6.45) is 0. The first-order valence-corrected chi connectivity index (χ1v) is 10.7. The fourth-order valence-corrected chi connectivity index (χ4v) is 4.06. The van der Waals surface area contributed by atoms with Crippen LogP contribution in [-0.2, 0) is 27.9 Å². The molecular weight excluding hydrogens is 386 g/mol. The van der Waals surface area contributed by atoms with Crippen molar-refractivity contribution in [2.24, 2.45) is 0 Å². The summed E-state index contributed by atoms with van der Waals surface area (Å²) in [4.78, 5) is 12.5. The number of ketones is 1. The van der Waals surface area contributed by atoms with E-state index in [0.29, 0.717) is 12.2 Å². The van der Waals surface area contributed by atoms with E-state index in [1.165, 1.54) is 23.5 Å². The van der Waals surface area contributed by atoms with Crippen LogP contribution in [0.25, 0.3) is 0 Å². The lowest BCUT2D eigenvalue weighted by Gasteiger charge is -2.17. The molecule has 0 amide bonds. The van der Waals surface area contributed by atoms with E-state index in [2.05, 4.69) is 0 Å². The minimum absolute atomic E-state index is 0.0878. The minimum atomic E-state index is -3.72. The molecule has 0 N–H and O–H groups in total. The average molecular weight is 410 g/mol. The molecule has 5 nitrogen and oxygen atoms in total. The van der Waals surface area contributed by atoms with Gasteiger partial charge >= 0.3 is 0 Å². The Morgan fingerprint density at radius 1 is 0.862 bits per heavy atom. The zero-order valence-corrected chi connectivity index (χ0v) is 17.0. The van der Waals surface area contributed by atoms with Crippen LogP contribution in [0.3, 0.4) is 0 Å². The first kappa shape index (κ1) is 20.9. The molecule has 0 aliphatic heterocycles. The van der Waals surface area contributed by atoms with Crippen LogP contribution in [0.2, 0.25) is 0 Å². The second kappa shape index (κ2) is 9.60. The predicted octanol–water partition coefficient (Wildman–Crippen LogP) is 3.91. The highest BCUT2D eigenvalue weighted by Crippen LogP contribution is 2.18. The van der Waals surface area contributed by atoms with Crippen LogP contribution in [0.4, 0.5) is 0 Å². The van der Waals surface area contributed by atoms with Gasteiger partial charge in [-0.2, -0.15) is 4.31 Å². The lowest BCUT2D eigenvalue weighted by Crippen LogP contribution is -2.26. The van der Waals surface area contributed by atoms with Crippen molar-refractivity contribution in [2.75, 3.05) is 13.7 Å². The summed E-state index contributed by atoms with van der Waals surface area (Å²) in [5.41, 5.74) is 2.17. The average Bonchev–Trinajstić information content (AvgIpc) is 2.75. The van der Waals surface area contributed by atoms with Gasteiger partial charge in [-0.05, 0) is 23.3 Å². The Balaban J connectivity index is 1.66. The number of ether oxygens (including phenoxy) is 1. The number of hydrogen-bond acceptors (Lipinski definition) is 4. The molecule has 0 unspecified atom stereocenters. The maximum absolute atomic E-state index is 12.9. The van der Waals surface area contributed by atoms with Crippen LogP contribution in [0.1, 0.15) is 21.5 Å². The van der Waals surface area contributed by atoms with Crippen LogP contribution < -0.4 is 0 Å². The molecule has 0 aliphatic rings. The first-order chi connectivity index (χ1) is 14.0. The maximum atomic E-state index is 12.9. The normalized spacial score (nSPS) is 11.5. The molecule has 0 aromatic heterocycles. The molecule has 0 bridgehead atoms. The third-order valence-corrected chi connectivity index (χ3v) is 6.26. The predicted molar refractivity (Wildman–Crippen MR) is 112 cm³/mol. The Hall–Kier alpha value is -2.80. The van der Waals surface area contributed by atoms with Crippen molar-refractivity contribution in [2.45, 2.75) is 18.0 Å². The van der Waals surface area contributed by atoms with Gasteiger partial charge in [0.2, 0.25) is 10.0 Å². The Kier molecular flexibility index (Phi) is 6.93. The number of benzene rings is 3. The highest BCUT2D eigenvalue weighted by molar-refractivity contribution is 7.89. The minimum Gasteiger partial charge on any atom is -0.369 e. The van der Waals surface area contributed by atoms with Crippen molar-refractivity contribution in [3.63, 3.8) is 0 Å². The number of Topliss-reactive ketones (excluding diaryl/α,β-unsaturated/α-hetero) is 1. The lowest BCUT2D eigenvalue weighted by atomic mass is 10.1. The van der Waals surface area contributed by atoms with E-state index in [-0.39, 0.29) is 23.8 Å². The van der Waals surface area contributed by atoms with E-state index < -0.39 is 10.0 Å². The van der Waals surface area contributed by atoms with Gasteiger partial charge in [-0.25, -0.2) is 8.42 Å². The molecule has 0 atom stereocenters. The van der Waals surface area contributed by atoms with Gasteiger partial charge in [-0.15, -0.1) is 0 Å². The van der Waals surface area contributed by atoms with Crippen molar-refractivity contribution in [1.82, 2.24) is 4.31 Å². The van der Waals surface area contributed by atoms with Gasteiger partial charge in [0.1, 0.15) is 6.61 Å². The van der Waals surface area contributed by atoms with Crippen molar-refractivity contribution in [3.8, 4) is 0 Å². The number of sulfonamides is 1. The molecule has 29 heavy (non-hydrogen) atoms. The van der Waals surface area contributed by atoms with Crippen LogP contribution in [0, 0.1) is 0 Å². The van der Waals surface area contributed by atoms with E-state index >= 15 is 0 Å². The summed E-state index contributed by atoms with van der Waals surface area (Å²) < 4.78 is 32.5. The van der Waals surface area contributed by atoms with Crippen molar-refractivity contribution >= 4 is 15.8 Å². The second-order valence-corrected chi connectivity index (χ2v) is 8.72. The highest BCUT2D eigenvalue weighted by Gasteiger charge is 2.22. The SMILES string of the molecule is CN(Cc1ccccc1)S(=O)(=O)c1cccc(C(=O)COCc2ccccc2)c1. The summed E-state index contributed by atoms with van der Waals surface area (Å²) in [6.45, 7) is 0.462. The monoisotopic (exact) mass is 409 g/mol. The Morgan fingerprint density at radius 3 is 2.14 bits per heavy atom. The third kappa shape index (κ3) is 5.60. The van der Waals surface area contributed by atoms with E-state index in [0.717, 1.165) is 11.1 Å². The fraction of sp³-hybridized carbons (Fsp3) is 0.174. The van der Waals surface area contributed by atoms with Crippen LogP contribution in [0.15, 0.2) is 89.8 Å². The van der Waals surface area contributed by atoms with E-state index in [1.807, 2.05) is 60.7 Å². The second-order valence-electron chi connectivity index (χ2n) is 6.68. The van der Waals surface area contributed by atoms with Gasteiger partial charge in [0, 0.05) is 19.2 Å². The number of rotatable bonds is 9. The molecule has 6 heteroatoms. The van der Waals surface area contributed by atoms with Crippen molar-refractivity contribution in [3.05, 3.63) is 102 Å². The Labute approximate surface area is 171 Å². The van der Waals surface area contributed by atoms with Gasteiger partial charge in [0.15, 0.2) is 5.78 Å². The summed E-state index contributed by atoms with van der Waals surface area (Å²) in [5, 5.41) is 0. The van der Waals surface area contributed by atoms with Crippen LogP contribution in [0.5, 0.6) is 0 Å². The molecule has 3 aromatic carbocycles. The fourth-order valence-electron chi connectivity index (χ4n) is 2.85. The van der Waals surface area contributed by atoms with E-state index in [1.54, 1.807) is 12.1 Å². The molecule has 0 fully saturated rings. The molecule has 3 rings (SSSR count). The van der Waals surface area contributed by atoms with Gasteiger partial charge in [0.25, 0.3) is 0 Å². The van der Waals surface area contributed by atoms with Gasteiger partial charge in [-0.3, -0.25) is 4.79 Å². The van der Waals surface area contributed by atoms with Gasteiger partial charge in [0.05, 0.1) is 11.5 Å². The number of hydrogen-bond donors (Lipinski definition) is 0. The van der Waals surface area contributed by atoms with Crippen LogP contribution in [-0.4, -0.2) is 32.2 Å². The van der Waals surface area contributed by atoms with Gasteiger partial charge < -0.3 is 4.74 Å². The largest absolute Gasteiger partial charge is 0.369 e. The highest BCUT2D eigenvalue weighted by atomic mass is 32.2. The summed E-state index contributed by atoms with van der Waals surface area (Å²) >= 11 is 0. The molecule has 0 radical (unpaired) electrons. The van der Waals surface area contributed by atoms with Crippen LogP contribution >= 0.6 is 0 Å². The van der Waals surface area contributed by atoms with E-state index in [9.17, 15) is 13.2 Å². The molecule has 150 valence electrons. The topological polar surface area (TPSA) is 63.7 Å². The van der Waals surface area contributed by atoms with Gasteiger partial charge in [-0.1, -0.05) is 72.8 Å². The summed E-state index contributed by atoms with van der Waals surface area (Å²) in [7, 11) is -2.19. The van der Waals surface area contributed by atoms with E-state index in [4.69, 9.17) is 4.74 Å². The lowest BCUT2D eigenvalue weighted by molar-refractivity contribution is 0.0726. The maximum Gasteiger partial charge on any atom is 0.243 e. The molecule has 0 saturated heterocycles. The Morgan fingerprint density at radius 2 is 1.48 bits per heavy atom. The molecule has 0 spiro atoms. The molecular formula is C23H23NO4S.